The number of para-hydroxylation sites is 1. The van der Waals surface area contributed by atoms with E-state index in [1.165, 1.54) is 38.5 Å². The van der Waals surface area contributed by atoms with E-state index >= 15 is 0 Å². The van der Waals surface area contributed by atoms with Crippen LogP contribution in [0.4, 0.5) is 0 Å². The Morgan fingerprint density at radius 1 is 1.30 bits per heavy atom. The maximum absolute atomic E-state index is 6.25. The minimum Gasteiger partial charge on any atom is -0.329 e. The second kappa shape index (κ2) is 5.90. The van der Waals surface area contributed by atoms with Crippen molar-refractivity contribution in [1.29, 1.82) is 0 Å². The summed E-state index contributed by atoms with van der Waals surface area (Å²) < 4.78 is 3.10. The third-order valence-electron chi connectivity index (χ3n) is 4.58. The lowest BCUT2D eigenvalue weighted by Crippen LogP contribution is -2.18. The van der Waals surface area contributed by atoms with Crippen molar-refractivity contribution in [2.24, 2.45) is 5.92 Å². The molecule has 0 saturated heterocycles. The molecule has 20 heavy (non-hydrogen) atoms. The Kier molecular flexibility index (Phi) is 4.18. The van der Waals surface area contributed by atoms with Gasteiger partial charge in [-0.25, -0.2) is 0 Å². The summed E-state index contributed by atoms with van der Waals surface area (Å²) in [5.74, 6) is 0.916. The zero-order valence-electron chi connectivity index (χ0n) is 11.9. The molecule has 0 aliphatic heterocycles. The van der Waals surface area contributed by atoms with Crippen LogP contribution in [0, 0.1) is 10.7 Å². The number of imidazole rings is 1. The van der Waals surface area contributed by atoms with Gasteiger partial charge in [-0.05, 0) is 56.0 Å². The molecule has 0 radical (unpaired) electrons. The van der Waals surface area contributed by atoms with E-state index in [1.807, 2.05) is 12.1 Å². The molecular formula is C16H21ClN2S. The van der Waals surface area contributed by atoms with E-state index in [4.69, 9.17) is 23.8 Å². The van der Waals surface area contributed by atoms with E-state index in [0.29, 0.717) is 6.04 Å². The average molecular weight is 309 g/mol. The van der Waals surface area contributed by atoms with Crippen LogP contribution in [0.1, 0.15) is 51.5 Å². The fourth-order valence-corrected chi connectivity index (χ4v) is 4.14. The Balaban J connectivity index is 1.90. The SMILES string of the molecule is CCCC1CCC(n2c(=S)[nH]c3c(Cl)cccc32)CC1. The van der Waals surface area contributed by atoms with Gasteiger partial charge >= 0.3 is 0 Å². The summed E-state index contributed by atoms with van der Waals surface area (Å²) in [7, 11) is 0. The first-order valence-corrected chi connectivity index (χ1v) is 8.38. The molecule has 0 amide bonds. The summed E-state index contributed by atoms with van der Waals surface area (Å²) in [5, 5.41) is 0.756. The fourth-order valence-electron chi connectivity index (χ4n) is 3.58. The number of aromatic amines is 1. The molecule has 1 saturated carbocycles. The highest BCUT2D eigenvalue weighted by molar-refractivity contribution is 7.71. The highest BCUT2D eigenvalue weighted by Crippen LogP contribution is 2.37. The second-order valence-corrected chi connectivity index (χ2v) is 6.69. The lowest BCUT2D eigenvalue weighted by molar-refractivity contribution is 0.264. The standard InChI is InChI=1S/C16H21ClN2S/c1-2-4-11-7-9-12(10-8-11)19-14-6-3-5-13(17)15(14)18-16(19)20/h3,5-6,11-12H,2,4,7-10H2,1H3,(H,18,20). The van der Waals surface area contributed by atoms with Crippen LogP contribution in [0.2, 0.25) is 5.02 Å². The summed E-state index contributed by atoms with van der Waals surface area (Å²) in [4.78, 5) is 3.27. The van der Waals surface area contributed by atoms with Crippen LogP contribution >= 0.6 is 23.8 Å². The van der Waals surface area contributed by atoms with Crippen LogP contribution < -0.4 is 0 Å². The first-order valence-electron chi connectivity index (χ1n) is 7.59. The number of rotatable bonds is 3. The van der Waals surface area contributed by atoms with Crippen LogP contribution in [0.3, 0.4) is 0 Å². The molecule has 1 aliphatic carbocycles. The van der Waals surface area contributed by atoms with Crippen molar-refractivity contribution in [3.05, 3.63) is 28.0 Å². The van der Waals surface area contributed by atoms with E-state index in [2.05, 4.69) is 22.5 Å². The summed E-state index contributed by atoms with van der Waals surface area (Å²) in [5.41, 5.74) is 2.14. The highest BCUT2D eigenvalue weighted by Gasteiger charge is 2.23. The van der Waals surface area contributed by atoms with Crippen molar-refractivity contribution >= 4 is 34.9 Å². The monoisotopic (exact) mass is 308 g/mol. The van der Waals surface area contributed by atoms with Gasteiger partial charge in [0.1, 0.15) is 0 Å². The molecule has 2 aromatic rings. The van der Waals surface area contributed by atoms with Gasteiger partial charge in [0.2, 0.25) is 0 Å². The predicted octanol–water partition coefficient (Wildman–Crippen LogP) is 5.88. The number of H-pyrrole nitrogens is 1. The zero-order chi connectivity index (χ0) is 14.1. The number of halogens is 1. The van der Waals surface area contributed by atoms with E-state index in [1.54, 1.807) is 0 Å². The summed E-state index contributed by atoms with van der Waals surface area (Å²) in [6.07, 6.45) is 7.80. The molecule has 1 aliphatic rings. The summed E-state index contributed by atoms with van der Waals surface area (Å²) >= 11 is 11.8. The van der Waals surface area contributed by atoms with E-state index in [0.717, 1.165) is 26.7 Å². The molecule has 3 rings (SSSR count). The van der Waals surface area contributed by atoms with Gasteiger partial charge in [0.25, 0.3) is 0 Å². The Bertz CT molecular complexity index is 650. The third kappa shape index (κ3) is 2.53. The third-order valence-corrected chi connectivity index (χ3v) is 5.19. The fraction of sp³-hybridized carbons (Fsp3) is 0.562. The smallest absolute Gasteiger partial charge is 0.178 e. The first kappa shape index (κ1) is 14.2. The van der Waals surface area contributed by atoms with Crippen LogP contribution in [-0.4, -0.2) is 9.55 Å². The number of nitrogens with zero attached hydrogens (tertiary/aromatic N) is 1. The van der Waals surface area contributed by atoms with E-state index in [9.17, 15) is 0 Å². The Hall–Kier alpha value is -0.800. The van der Waals surface area contributed by atoms with Crippen molar-refractivity contribution in [1.82, 2.24) is 9.55 Å². The second-order valence-electron chi connectivity index (χ2n) is 5.90. The van der Waals surface area contributed by atoms with Crippen LogP contribution in [0.15, 0.2) is 18.2 Å². The lowest BCUT2D eigenvalue weighted by Gasteiger charge is -2.29. The molecule has 1 heterocycles. The van der Waals surface area contributed by atoms with Crippen LogP contribution in [-0.2, 0) is 0 Å². The summed E-state index contributed by atoms with van der Waals surface area (Å²) in [6, 6.07) is 6.57. The molecule has 1 aromatic heterocycles. The van der Waals surface area contributed by atoms with Gasteiger partial charge < -0.3 is 9.55 Å². The molecule has 1 aromatic carbocycles. The summed E-state index contributed by atoms with van der Waals surface area (Å²) in [6.45, 7) is 2.28. The van der Waals surface area contributed by atoms with Crippen molar-refractivity contribution in [2.45, 2.75) is 51.5 Å². The molecule has 108 valence electrons. The van der Waals surface area contributed by atoms with E-state index in [-0.39, 0.29) is 0 Å². The molecule has 0 unspecified atom stereocenters. The maximum atomic E-state index is 6.25. The molecule has 0 bridgehead atoms. The van der Waals surface area contributed by atoms with Gasteiger partial charge in [-0.3, -0.25) is 0 Å². The molecule has 2 nitrogen and oxygen atoms in total. The quantitative estimate of drug-likeness (QED) is 0.702. The van der Waals surface area contributed by atoms with Crippen molar-refractivity contribution in [3.8, 4) is 0 Å². The predicted molar refractivity (Wildman–Crippen MR) is 88.0 cm³/mol. The minimum atomic E-state index is 0.530. The normalized spacial score (nSPS) is 23.3. The largest absolute Gasteiger partial charge is 0.329 e. The van der Waals surface area contributed by atoms with E-state index < -0.39 is 0 Å². The zero-order valence-corrected chi connectivity index (χ0v) is 13.4. The number of nitrogens with one attached hydrogen (secondary N) is 1. The molecule has 4 heteroatoms. The van der Waals surface area contributed by atoms with Gasteiger partial charge in [0.15, 0.2) is 4.77 Å². The molecule has 0 atom stereocenters. The van der Waals surface area contributed by atoms with Crippen LogP contribution in [0.25, 0.3) is 11.0 Å². The van der Waals surface area contributed by atoms with Gasteiger partial charge in [-0.2, -0.15) is 0 Å². The Labute approximate surface area is 130 Å². The van der Waals surface area contributed by atoms with Gasteiger partial charge in [-0.1, -0.05) is 37.4 Å². The minimum absolute atomic E-state index is 0.530. The number of fused-ring (bicyclic) bond motifs is 1. The Morgan fingerprint density at radius 2 is 2.05 bits per heavy atom. The van der Waals surface area contributed by atoms with Gasteiger partial charge in [-0.15, -0.1) is 0 Å². The van der Waals surface area contributed by atoms with Gasteiger partial charge in [0, 0.05) is 6.04 Å². The number of aromatic nitrogens is 2. The van der Waals surface area contributed by atoms with Crippen LogP contribution in [0.5, 0.6) is 0 Å². The lowest BCUT2D eigenvalue weighted by atomic mass is 9.83. The highest BCUT2D eigenvalue weighted by atomic mass is 35.5. The first-order chi connectivity index (χ1) is 9.70. The number of hydrogen-bond donors (Lipinski definition) is 1. The Morgan fingerprint density at radius 3 is 2.75 bits per heavy atom. The maximum Gasteiger partial charge on any atom is 0.178 e. The molecule has 1 N–H and O–H groups in total. The molecular weight excluding hydrogens is 288 g/mol. The van der Waals surface area contributed by atoms with Crippen molar-refractivity contribution < 1.29 is 0 Å². The van der Waals surface area contributed by atoms with Gasteiger partial charge in [0.05, 0.1) is 16.1 Å². The molecule has 1 fully saturated rings. The average Bonchev–Trinajstić information content (AvgIpc) is 2.78. The van der Waals surface area contributed by atoms with Crippen molar-refractivity contribution in [3.63, 3.8) is 0 Å². The number of hydrogen-bond acceptors (Lipinski definition) is 1. The van der Waals surface area contributed by atoms with Crippen molar-refractivity contribution in [2.75, 3.05) is 0 Å². The number of benzene rings is 1. The topological polar surface area (TPSA) is 20.7 Å². The molecule has 0 spiro atoms.